The fourth-order valence-electron chi connectivity index (χ4n) is 4.68. The van der Waals surface area contributed by atoms with Crippen LogP contribution in [0.4, 0.5) is 13.2 Å². The second kappa shape index (κ2) is 8.47. The monoisotopic (exact) mass is 495 g/mol. The summed E-state index contributed by atoms with van der Waals surface area (Å²) in [5.41, 5.74) is 4.18. The quantitative estimate of drug-likeness (QED) is 0.334. The first-order chi connectivity index (χ1) is 17.5. The molecule has 1 fully saturated rings. The van der Waals surface area contributed by atoms with E-state index in [0.29, 0.717) is 22.7 Å². The number of hydrogen-bond acceptors (Lipinski definition) is 7. The number of rotatable bonds is 7. The molecule has 9 nitrogen and oxygen atoms in total. The van der Waals surface area contributed by atoms with Crippen LogP contribution in [0, 0.1) is 5.95 Å². The zero-order chi connectivity index (χ0) is 25.0. The van der Waals surface area contributed by atoms with Crippen LogP contribution in [0.2, 0.25) is 0 Å². The molecule has 1 aliphatic carbocycles. The van der Waals surface area contributed by atoms with Crippen molar-refractivity contribution in [1.82, 2.24) is 34.3 Å². The Balaban J connectivity index is 1.39. The third kappa shape index (κ3) is 3.69. The third-order valence-electron chi connectivity index (χ3n) is 6.43. The molecule has 1 aliphatic rings. The van der Waals surface area contributed by atoms with Crippen LogP contribution < -0.4 is 9.47 Å². The lowest BCUT2D eigenvalue weighted by Gasteiger charge is -2.11. The van der Waals surface area contributed by atoms with Crippen molar-refractivity contribution in [2.45, 2.75) is 31.2 Å². The summed E-state index contributed by atoms with van der Waals surface area (Å²) in [5, 5.41) is 8.53. The molecule has 2 atom stereocenters. The lowest BCUT2D eigenvalue weighted by atomic mass is 10.0. The van der Waals surface area contributed by atoms with Gasteiger partial charge in [0.2, 0.25) is 11.8 Å². The van der Waals surface area contributed by atoms with Gasteiger partial charge in [0.05, 0.1) is 36.4 Å². The molecule has 0 N–H and O–H groups in total. The maximum Gasteiger partial charge on any atom is 0.319 e. The summed E-state index contributed by atoms with van der Waals surface area (Å²) in [4.78, 5) is 12.9. The minimum Gasteiger partial charge on any atom is -0.480 e. The van der Waals surface area contributed by atoms with Crippen molar-refractivity contribution in [3.63, 3.8) is 0 Å². The highest BCUT2D eigenvalue weighted by atomic mass is 19.3. The van der Waals surface area contributed by atoms with Gasteiger partial charge in [-0.05, 0) is 42.0 Å². The predicted octanol–water partition coefficient (Wildman–Crippen LogP) is 4.23. The van der Waals surface area contributed by atoms with E-state index in [4.69, 9.17) is 9.47 Å². The van der Waals surface area contributed by atoms with Crippen LogP contribution in [0.5, 0.6) is 11.9 Å². The van der Waals surface area contributed by atoms with Crippen molar-refractivity contribution in [2.75, 3.05) is 14.2 Å². The normalized spacial score (nSPS) is 17.3. The highest BCUT2D eigenvalue weighted by Crippen LogP contribution is 2.56. The zero-order valence-corrected chi connectivity index (χ0v) is 19.3. The Kier molecular flexibility index (Phi) is 5.23. The number of halogens is 3. The zero-order valence-electron chi connectivity index (χ0n) is 19.3. The molecule has 4 aromatic heterocycles. The van der Waals surface area contributed by atoms with Gasteiger partial charge in [-0.1, -0.05) is 6.07 Å². The standard InChI is InChI=1S/C24H20F3N7O2/c1-35-23-17(10-29-24(30-23)36-2)18-9-16(22-28-5-6-33(22)31-18)15-8-14(15)12-3-4-13-19(7-12)34(11-20(25)26)32-21(13)27/h3-7,9-10,14-15,20H,8,11H2,1-2H3/t14-,15+/m1/s1. The van der Waals surface area contributed by atoms with Crippen molar-refractivity contribution in [3.05, 3.63) is 59.9 Å². The second-order valence-corrected chi connectivity index (χ2v) is 8.55. The first kappa shape index (κ1) is 22.3. The van der Waals surface area contributed by atoms with Gasteiger partial charge < -0.3 is 9.47 Å². The summed E-state index contributed by atoms with van der Waals surface area (Å²) in [5.74, 6) is -0.211. The summed E-state index contributed by atoms with van der Waals surface area (Å²) in [7, 11) is 2.98. The largest absolute Gasteiger partial charge is 0.480 e. The van der Waals surface area contributed by atoms with E-state index in [2.05, 4.69) is 25.1 Å². The van der Waals surface area contributed by atoms with Crippen molar-refractivity contribution in [3.8, 4) is 23.1 Å². The van der Waals surface area contributed by atoms with Crippen LogP contribution in [-0.4, -0.2) is 55.0 Å². The molecule has 0 saturated heterocycles. The minimum atomic E-state index is -2.63. The molecular formula is C24H20F3N7O2. The molecule has 0 bridgehead atoms. The molecule has 12 heteroatoms. The molecule has 0 aliphatic heterocycles. The van der Waals surface area contributed by atoms with Crippen molar-refractivity contribution in [1.29, 1.82) is 0 Å². The Hall–Kier alpha value is -4.22. The highest BCUT2D eigenvalue weighted by molar-refractivity contribution is 5.80. The fourth-order valence-corrected chi connectivity index (χ4v) is 4.68. The molecule has 0 radical (unpaired) electrons. The Labute approximate surface area is 202 Å². The van der Waals surface area contributed by atoms with E-state index < -0.39 is 18.9 Å². The molecule has 4 heterocycles. The van der Waals surface area contributed by atoms with E-state index in [9.17, 15) is 13.2 Å². The smallest absolute Gasteiger partial charge is 0.319 e. The Morgan fingerprint density at radius 1 is 1.08 bits per heavy atom. The topological polar surface area (TPSA) is 92.3 Å². The Bertz CT molecular complexity index is 1600. The van der Waals surface area contributed by atoms with Gasteiger partial charge in [-0.15, -0.1) is 5.10 Å². The number of fused-ring (bicyclic) bond motifs is 2. The maximum absolute atomic E-state index is 14.2. The molecule has 1 saturated carbocycles. The molecule has 5 aromatic rings. The average molecular weight is 495 g/mol. The first-order valence-electron chi connectivity index (χ1n) is 11.2. The van der Waals surface area contributed by atoms with E-state index >= 15 is 0 Å². The number of alkyl halides is 2. The Morgan fingerprint density at radius 3 is 2.72 bits per heavy atom. The number of imidazole rings is 1. The average Bonchev–Trinajstić information content (AvgIpc) is 3.43. The Morgan fingerprint density at radius 2 is 1.94 bits per heavy atom. The van der Waals surface area contributed by atoms with Crippen molar-refractivity contribution >= 4 is 16.6 Å². The van der Waals surface area contributed by atoms with Gasteiger partial charge in [0.1, 0.15) is 6.54 Å². The fraction of sp³-hybridized carbons (Fsp3) is 0.292. The summed E-state index contributed by atoms with van der Waals surface area (Å²) >= 11 is 0. The van der Waals surface area contributed by atoms with E-state index in [1.165, 1.54) is 14.2 Å². The highest BCUT2D eigenvalue weighted by Gasteiger charge is 2.41. The van der Waals surface area contributed by atoms with Gasteiger partial charge in [0.15, 0.2) is 5.65 Å². The lowest BCUT2D eigenvalue weighted by Crippen LogP contribution is -2.08. The molecule has 0 spiro atoms. The van der Waals surface area contributed by atoms with E-state index in [1.807, 2.05) is 12.1 Å². The summed E-state index contributed by atoms with van der Waals surface area (Å²) in [6.07, 6.45) is 3.21. The molecule has 1 aromatic carbocycles. The van der Waals surface area contributed by atoms with Crippen molar-refractivity contribution in [2.24, 2.45) is 0 Å². The predicted molar refractivity (Wildman–Crippen MR) is 123 cm³/mol. The van der Waals surface area contributed by atoms with Crippen LogP contribution in [0.3, 0.4) is 0 Å². The number of aromatic nitrogens is 7. The molecule has 0 unspecified atom stereocenters. The molecule has 184 valence electrons. The summed E-state index contributed by atoms with van der Waals surface area (Å²) in [6, 6.07) is 7.31. The lowest BCUT2D eigenvalue weighted by molar-refractivity contribution is 0.123. The van der Waals surface area contributed by atoms with Crippen molar-refractivity contribution < 1.29 is 22.6 Å². The van der Waals surface area contributed by atoms with Crippen LogP contribution in [0.15, 0.2) is 42.9 Å². The van der Waals surface area contributed by atoms with Gasteiger partial charge in [-0.25, -0.2) is 23.3 Å². The van der Waals surface area contributed by atoms with Crippen LogP contribution in [0.25, 0.3) is 27.8 Å². The molecule has 0 amide bonds. The van der Waals surface area contributed by atoms with Crippen LogP contribution >= 0.6 is 0 Å². The van der Waals surface area contributed by atoms with E-state index in [-0.39, 0.29) is 23.2 Å². The first-order valence-corrected chi connectivity index (χ1v) is 11.2. The van der Waals surface area contributed by atoms with Gasteiger partial charge in [0, 0.05) is 24.2 Å². The maximum atomic E-state index is 14.2. The number of ether oxygens (including phenoxy) is 2. The minimum absolute atomic E-state index is 0.107. The van der Waals surface area contributed by atoms with Gasteiger partial charge >= 0.3 is 6.01 Å². The molecule has 36 heavy (non-hydrogen) atoms. The number of benzene rings is 1. The molecular weight excluding hydrogens is 475 g/mol. The van der Waals surface area contributed by atoms with E-state index in [1.54, 1.807) is 35.2 Å². The van der Waals surface area contributed by atoms with Crippen LogP contribution in [-0.2, 0) is 6.54 Å². The van der Waals surface area contributed by atoms with Gasteiger partial charge in [-0.2, -0.15) is 14.5 Å². The van der Waals surface area contributed by atoms with Crippen LogP contribution in [0.1, 0.15) is 29.4 Å². The number of hydrogen-bond donors (Lipinski definition) is 0. The SMILES string of the molecule is COc1ncc(-c2cc([C@H]3C[C@@H]3c3ccc4c(F)nn(CC(F)F)c4c3)c3nccn3n2)c(OC)n1. The van der Waals surface area contributed by atoms with Gasteiger partial charge in [0.25, 0.3) is 6.43 Å². The summed E-state index contributed by atoms with van der Waals surface area (Å²) in [6.45, 7) is -0.661. The second-order valence-electron chi connectivity index (χ2n) is 8.55. The van der Waals surface area contributed by atoms with Gasteiger partial charge in [-0.3, -0.25) is 4.68 Å². The number of methoxy groups -OCH3 is 2. The van der Waals surface area contributed by atoms with E-state index in [0.717, 1.165) is 27.9 Å². The molecule has 6 rings (SSSR count). The third-order valence-corrected chi connectivity index (χ3v) is 6.43. The summed E-state index contributed by atoms with van der Waals surface area (Å²) < 4.78 is 53.4. The number of nitrogens with zero attached hydrogens (tertiary/aromatic N) is 7.